The van der Waals surface area contributed by atoms with Crippen LogP contribution in [-0.2, 0) is 11.2 Å². The molecule has 0 radical (unpaired) electrons. The van der Waals surface area contributed by atoms with E-state index in [-0.39, 0.29) is 0 Å². The lowest BCUT2D eigenvalue weighted by Crippen LogP contribution is -2.45. The van der Waals surface area contributed by atoms with Crippen LogP contribution < -0.4 is 4.90 Å². The molecular weight excluding hydrogens is 186 g/mol. The molecule has 1 unspecified atom stereocenters. The van der Waals surface area contributed by atoms with E-state index in [2.05, 4.69) is 29.2 Å². The number of aryl methyl sites for hydroxylation is 1. The second-order valence-electron chi connectivity index (χ2n) is 4.51. The van der Waals surface area contributed by atoms with Gasteiger partial charge in [0.25, 0.3) is 0 Å². The molecule has 1 fully saturated rings. The van der Waals surface area contributed by atoms with Gasteiger partial charge in [0, 0.05) is 31.1 Å². The Labute approximate surface area is 89.9 Å². The van der Waals surface area contributed by atoms with Crippen LogP contribution in [0.15, 0.2) is 24.3 Å². The maximum Gasteiger partial charge on any atom is 0.136 e. The Morgan fingerprint density at radius 2 is 2.07 bits per heavy atom. The molecule has 2 heterocycles. The van der Waals surface area contributed by atoms with Gasteiger partial charge in [0.1, 0.15) is 5.78 Å². The van der Waals surface area contributed by atoms with Crippen molar-refractivity contribution in [1.29, 1.82) is 0 Å². The normalized spacial score (nSPS) is 24.7. The molecule has 0 saturated carbocycles. The second-order valence-corrected chi connectivity index (χ2v) is 4.51. The minimum absolute atomic E-state index is 0.440. The van der Waals surface area contributed by atoms with Gasteiger partial charge in [-0.2, -0.15) is 0 Å². The lowest BCUT2D eigenvalue weighted by molar-refractivity contribution is -0.120. The Morgan fingerprint density at radius 1 is 1.20 bits per heavy atom. The second kappa shape index (κ2) is 3.37. The van der Waals surface area contributed by atoms with Crippen LogP contribution in [0.4, 0.5) is 5.69 Å². The number of hydrogen-bond donors (Lipinski definition) is 0. The quantitative estimate of drug-likeness (QED) is 0.641. The van der Waals surface area contributed by atoms with Crippen molar-refractivity contribution in [2.75, 3.05) is 11.4 Å². The molecule has 2 heteroatoms. The van der Waals surface area contributed by atoms with E-state index in [1.807, 2.05) is 0 Å². The predicted octanol–water partition coefficient (Wildman–Crippen LogP) is 2.17. The van der Waals surface area contributed by atoms with Crippen LogP contribution in [0.1, 0.15) is 24.8 Å². The molecule has 1 atom stereocenters. The van der Waals surface area contributed by atoms with Crippen LogP contribution in [0, 0.1) is 0 Å². The largest absolute Gasteiger partial charge is 0.367 e. The third kappa shape index (κ3) is 1.44. The van der Waals surface area contributed by atoms with Crippen LogP contribution >= 0.6 is 0 Å². The maximum atomic E-state index is 11.4. The number of piperidine rings is 1. The van der Waals surface area contributed by atoms with Gasteiger partial charge in [-0.05, 0) is 24.5 Å². The lowest BCUT2D eigenvalue weighted by Gasteiger charge is -2.41. The van der Waals surface area contributed by atoms with Crippen molar-refractivity contribution in [1.82, 2.24) is 0 Å². The molecule has 1 aromatic rings. The van der Waals surface area contributed by atoms with Crippen molar-refractivity contribution in [3.05, 3.63) is 29.8 Å². The molecule has 0 aromatic heterocycles. The highest BCUT2D eigenvalue weighted by Crippen LogP contribution is 2.33. The Kier molecular flexibility index (Phi) is 2.01. The first-order valence-corrected chi connectivity index (χ1v) is 5.71. The fourth-order valence-corrected chi connectivity index (χ4v) is 2.80. The Hall–Kier alpha value is -1.31. The summed E-state index contributed by atoms with van der Waals surface area (Å²) in [7, 11) is 0. The fraction of sp³-hybridized carbons (Fsp3) is 0.462. The van der Waals surface area contributed by atoms with Crippen molar-refractivity contribution in [2.45, 2.75) is 31.7 Å². The van der Waals surface area contributed by atoms with E-state index < -0.39 is 0 Å². The van der Waals surface area contributed by atoms with E-state index in [1.165, 1.54) is 11.3 Å². The zero-order valence-electron chi connectivity index (χ0n) is 8.78. The number of anilines is 1. The van der Waals surface area contributed by atoms with Crippen molar-refractivity contribution in [2.24, 2.45) is 0 Å². The summed E-state index contributed by atoms with van der Waals surface area (Å²) in [5.41, 5.74) is 2.81. The van der Waals surface area contributed by atoms with Gasteiger partial charge in [-0.25, -0.2) is 0 Å². The van der Waals surface area contributed by atoms with Crippen LogP contribution in [0.25, 0.3) is 0 Å². The molecule has 2 aliphatic rings. The first kappa shape index (κ1) is 8.96. The SMILES string of the molecule is O=C1CCN2c3ccccc3CCC2C1. The standard InChI is InChI=1S/C13H15NO/c15-12-7-8-14-11(9-12)6-5-10-3-1-2-4-13(10)14/h1-4,11H,5-9H2. The average Bonchev–Trinajstić information content (AvgIpc) is 2.28. The summed E-state index contributed by atoms with van der Waals surface area (Å²) in [4.78, 5) is 13.8. The molecule has 2 nitrogen and oxygen atoms in total. The third-order valence-electron chi connectivity index (χ3n) is 3.58. The molecule has 3 rings (SSSR count). The number of hydrogen-bond acceptors (Lipinski definition) is 2. The summed E-state index contributed by atoms with van der Waals surface area (Å²) in [6.45, 7) is 0.917. The molecule has 0 N–H and O–H groups in total. The molecular formula is C13H15NO. The van der Waals surface area contributed by atoms with Gasteiger partial charge in [0.15, 0.2) is 0 Å². The summed E-state index contributed by atoms with van der Waals surface area (Å²) in [6, 6.07) is 9.08. The molecule has 0 spiro atoms. The summed E-state index contributed by atoms with van der Waals surface area (Å²) in [5.74, 6) is 0.440. The van der Waals surface area contributed by atoms with Gasteiger partial charge < -0.3 is 4.90 Å². The van der Waals surface area contributed by atoms with Gasteiger partial charge in [-0.3, -0.25) is 4.79 Å². The Bertz CT molecular complexity index is 399. The first-order chi connectivity index (χ1) is 7.34. The molecule has 1 aromatic carbocycles. The number of para-hydroxylation sites is 1. The smallest absolute Gasteiger partial charge is 0.136 e. The first-order valence-electron chi connectivity index (χ1n) is 5.71. The molecule has 0 aliphatic carbocycles. The van der Waals surface area contributed by atoms with Crippen molar-refractivity contribution < 1.29 is 4.79 Å². The Balaban J connectivity index is 1.97. The molecule has 1 saturated heterocycles. The summed E-state index contributed by atoms with van der Waals surface area (Å²) < 4.78 is 0. The van der Waals surface area contributed by atoms with Crippen LogP contribution in [0.2, 0.25) is 0 Å². The number of ketones is 1. The van der Waals surface area contributed by atoms with Gasteiger partial charge >= 0.3 is 0 Å². The van der Waals surface area contributed by atoms with E-state index in [9.17, 15) is 4.79 Å². The molecule has 0 amide bonds. The summed E-state index contributed by atoms with van der Waals surface area (Å²) >= 11 is 0. The monoisotopic (exact) mass is 201 g/mol. The van der Waals surface area contributed by atoms with E-state index in [0.29, 0.717) is 11.8 Å². The van der Waals surface area contributed by atoms with Gasteiger partial charge in [-0.15, -0.1) is 0 Å². The number of Topliss-reactive ketones (excluding diaryl/α,β-unsaturated/α-hetero) is 1. The van der Waals surface area contributed by atoms with Crippen LogP contribution in [0.3, 0.4) is 0 Å². The molecule has 78 valence electrons. The number of carbonyl (C=O) groups is 1. The fourth-order valence-electron chi connectivity index (χ4n) is 2.80. The number of rotatable bonds is 0. The zero-order valence-corrected chi connectivity index (χ0v) is 8.78. The van der Waals surface area contributed by atoms with E-state index >= 15 is 0 Å². The minimum Gasteiger partial charge on any atom is -0.367 e. The summed E-state index contributed by atoms with van der Waals surface area (Å²) in [6.07, 6.45) is 3.76. The predicted molar refractivity (Wildman–Crippen MR) is 60.1 cm³/mol. The van der Waals surface area contributed by atoms with Gasteiger partial charge in [0.05, 0.1) is 0 Å². The summed E-state index contributed by atoms with van der Waals surface area (Å²) in [5, 5.41) is 0. The zero-order chi connectivity index (χ0) is 10.3. The van der Waals surface area contributed by atoms with Crippen molar-refractivity contribution >= 4 is 11.5 Å². The number of nitrogens with zero attached hydrogens (tertiary/aromatic N) is 1. The third-order valence-corrected chi connectivity index (χ3v) is 3.58. The maximum absolute atomic E-state index is 11.4. The number of carbonyl (C=O) groups excluding carboxylic acids is 1. The van der Waals surface area contributed by atoms with Gasteiger partial charge in [0.2, 0.25) is 0 Å². The van der Waals surface area contributed by atoms with Crippen LogP contribution in [-0.4, -0.2) is 18.4 Å². The highest BCUT2D eigenvalue weighted by molar-refractivity contribution is 5.82. The highest BCUT2D eigenvalue weighted by atomic mass is 16.1. The highest BCUT2D eigenvalue weighted by Gasteiger charge is 2.31. The van der Waals surface area contributed by atoms with Crippen molar-refractivity contribution in [3.63, 3.8) is 0 Å². The van der Waals surface area contributed by atoms with E-state index in [1.54, 1.807) is 0 Å². The van der Waals surface area contributed by atoms with Gasteiger partial charge in [-0.1, -0.05) is 18.2 Å². The van der Waals surface area contributed by atoms with Crippen molar-refractivity contribution in [3.8, 4) is 0 Å². The number of fused-ring (bicyclic) bond motifs is 3. The average molecular weight is 201 g/mol. The molecule has 0 bridgehead atoms. The number of benzene rings is 1. The van der Waals surface area contributed by atoms with Crippen LogP contribution in [0.5, 0.6) is 0 Å². The Morgan fingerprint density at radius 3 is 3.00 bits per heavy atom. The van der Waals surface area contributed by atoms with E-state index in [4.69, 9.17) is 0 Å². The minimum atomic E-state index is 0.440. The van der Waals surface area contributed by atoms with E-state index in [0.717, 1.165) is 32.2 Å². The molecule has 15 heavy (non-hydrogen) atoms. The topological polar surface area (TPSA) is 20.3 Å². The molecule has 2 aliphatic heterocycles. The lowest BCUT2D eigenvalue weighted by atomic mass is 9.89.